The first-order valence-electron chi connectivity index (χ1n) is 11.6. The molecule has 2 amide bonds. The SMILES string of the molecule is CC(O)C(N)(Cc1ccccc1)N(C(=O)O)C(NC(=O)OC(C)(C)C)C(O)CCc1ccccc1. The van der Waals surface area contributed by atoms with Crippen LogP contribution in [0.4, 0.5) is 9.59 Å². The molecule has 0 aliphatic carbocycles. The Hall–Kier alpha value is -3.14. The Morgan fingerprint density at radius 2 is 1.51 bits per heavy atom. The monoisotopic (exact) mass is 487 g/mol. The highest BCUT2D eigenvalue weighted by molar-refractivity contribution is 5.71. The second kappa shape index (κ2) is 12.0. The van der Waals surface area contributed by atoms with Gasteiger partial charge in [-0.3, -0.25) is 10.2 Å². The molecule has 0 fully saturated rings. The minimum Gasteiger partial charge on any atom is -0.465 e. The molecular weight excluding hydrogens is 450 g/mol. The van der Waals surface area contributed by atoms with E-state index in [-0.39, 0.29) is 12.8 Å². The first-order valence-corrected chi connectivity index (χ1v) is 11.6. The maximum absolute atomic E-state index is 12.7. The van der Waals surface area contributed by atoms with Gasteiger partial charge in [-0.05, 0) is 51.7 Å². The maximum Gasteiger partial charge on any atom is 0.410 e. The van der Waals surface area contributed by atoms with E-state index in [9.17, 15) is 24.9 Å². The summed E-state index contributed by atoms with van der Waals surface area (Å²) in [6, 6.07) is 18.2. The van der Waals surface area contributed by atoms with Crippen LogP contribution in [0.1, 0.15) is 45.2 Å². The molecule has 0 saturated carbocycles. The minimum absolute atomic E-state index is 0.0598. The van der Waals surface area contributed by atoms with Crippen molar-refractivity contribution in [1.29, 1.82) is 0 Å². The van der Waals surface area contributed by atoms with Crippen LogP contribution in [-0.4, -0.2) is 62.0 Å². The van der Waals surface area contributed by atoms with Gasteiger partial charge in [0.15, 0.2) is 0 Å². The number of aryl methyl sites for hydroxylation is 1. The summed E-state index contributed by atoms with van der Waals surface area (Å²) in [6.45, 7) is 6.38. The quantitative estimate of drug-likeness (QED) is 0.324. The van der Waals surface area contributed by atoms with Gasteiger partial charge in [-0.15, -0.1) is 0 Å². The zero-order valence-electron chi connectivity index (χ0n) is 20.7. The lowest BCUT2D eigenvalue weighted by atomic mass is 9.92. The molecule has 0 heterocycles. The molecule has 2 rings (SSSR count). The molecule has 0 aromatic heterocycles. The largest absolute Gasteiger partial charge is 0.465 e. The molecule has 2 aromatic carbocycles. The van der Waals surface area contributed by atoms with E-state index in [0.717, 1.165) is 10.5 Å². The van der Waals surface area contributed by atoms with Gasteiger partial charge in [0.2, 0.25) is 0 Å². The van der Waals surface area contributed by atoms with Gasteiger partial charge in [0.25, 0.3) is 0 Å². The third-order valence-electron chi connectivity index (χ3n) is 5.59. The summed E-state index contributed by atoms with van der Waals surface area (Å²) in [5, 5.41) is 34.5. The van der Waals surface area contributed by atoms with E-state index in [2.05, 4.69) is 5.32 Å². The summed E-state index contributed by atoms with van der Waals surface area (Å²) in [6.07, 6.45) is -6.13. The maximum atomic E-state index is 12.7. The topological polar surface area (TPSA) is 145 Å². The average molecular weight is 488 g/mol. The van der Waals surface area contributed by atoms with Gasteiger partial charge in [-0.2, -0.15) is 0 Å². The van der Waals surface area contributed by atoms with Crippen molar-refractivity contribution in [3.8, 4) is 0 Å². The van der Waals surface area contributed by atoms with Gasteiger partial charge < -0.3 is 25.8 Å². The fourth-order valence-corrected chi connectivity index (χ4v) is 3.79. The van der Waals surface area contributed by atoms with Crippen LogP contribution in [0.15, 0.2) is 60.7 Å². The summed E-state index contributed by atoms with van der Waals surface area (Å²) in [5.41, 5.74) is 5.44. The molecule has 0 spiro atoms. The lowest BCUT2D eigenvalue weighted by Crippen LogP contribution is -2.73. The zero-order valence-corrected chi connectivity index (χ0v) is 20.7. The molecule has 0 aliphatic rings. The highest BCUT2D eigenvalue weighted by Crippen LogP contribution is 2.25. The number of ether oxygens (including phenoxy) is 1. The van der Waals surface area contributed by atoms with E-state index in [4.69, 9.17) is 10.5 Å². The molecule has 0 bridgehead atoms. The molecule has 9 heteroatoms. The van der Waals surface area contributed by atoms with Gasteiger partial charge >= 0.3 is 12.2 Å². The number of hydrogen-bond acceptors (Lipinski definition) is 6. The van der Waals surface area contributed by atoms with Crippen LogP contribution >= 0.6 is 0 Å². The molecule has 192 valence electrons. The van der Waals surface area contributed by atoms with Crippen molar-refractivity contribution >= 4 is 12.2 Å². The predicted molar refractivity (Wildman–Crippen MR) is 133 cm³/mol. The number of nitrogens with one attached hydrogen (secondary N) is 1. The third kappa shape index (κ3) is 8.24. The van der Waals surface area contributed by atoms with Gasteiger partial charge in [0.1, 0.15) is 17.4 Å². The summed E-state index contributed by atoms with van der Waals surface area (Å²) in [4.78, 5) is 25.9. The van der Waals surface area contributed by atoms with Crippen molar-refractivity contribution in [2.75, 3.05) is 0 Å². The summed E-state index contributed by atoms with van der Waals surface area (Å²) in [7, 11) is 0. The average Bonchev–Trinajstić information content (AvgIpc) is 2.76. The lowest BCUT2D eigenvalue weighted by Gasteiger charge is -2.46. The van der Waals surface area contributed by atoms with Crippen LogP contribution < -0.4 is 11.1 Å². The Morgan fingerprint density at radius 1 is 1.00 bits per heavy atom. The van der Waals surface area contributed by atoms with Gasteiger partial charge in [-0.1, -0.05) is 60.7 Å². The number of carbonyl (C=O) groups excluding carboxylic acids is 1. The summed E-state index contributed by atoms with van der Waals surface area (Å²) >= 11 is 0. The molecule has 4 atom stereocenters. The number of hydrogen-bond donors (Lipinski definition) is 5. The first kappa shape index (κ1) is 28.1. The number of carboxylic acid groups (broad SMARTS) is 1. The number of rotatable bonds is 10. The molecule has 4 unspecified atom stereocenters. The molecule has 0 saturated heterocycles. The van der Waals surface area contributed by atoms with Gasteiger partial charge in [0, 0.05) is 6.42 Å². The highest BCUT2D eigenvalue weighted by atomic mass is 16.6. The number of benzene rings is 2. The Kier molecular flexibility index (Phi) is 9.64. The second-order valence-corrected chi connectivity index (χ2v) is 9.66. The van der Waals surface area contributed by atoms with Crippen LogP contribution in [0.5, 0.6) is 0 Å². The Labute approximate surface area is 206 Å². The Bertz CT molecular complexity index is 949. The van der Waals surface area contributed by atoms with Crippen LogP contribution in [-0.2, 0) is 17.6 Å². The standard InChI is InChI=1S/C26H37N3O6/c1-18(30)26(27,17-20-13-9-6-10-14-20)29(24(33)34)22(28-23(32)35-25(2,3)4)21(31)16-15-19-11-7-5-8-12-19/h5-14,18,21-22,30-31H,15-17,27H2,1-4H3,(H,28,32)(H,33,34). The number of alkyl carbamates (subject to hydrolysis) is 1. The molecule has 2 aromatic rings. The van der Waals surface area contributed by atoms with Crippen molar-refractivity contribution in [2.24, 2.45) is 5.73 Å². The van der Waals surface area contributed by atoms with E-state index in [1.165, 1.54) is 6.92 Å². The lowest BCUT2D eigenvalue weighted by molar-refractivity contribution is -0.0714. The van der Waals surface area contributed by atoms with E-state index < -0.39 is 41.8 Å². The van der Waals surface area contributed by atoms with Crippen molar-refractivity contribution in [3.05, 3.63) is 71.8 Å². The Morgan fingerprint density at radius 3 is 1.97 bits per heavy atom. The van der Waals surface area contributed by atoms with E-state index in [1.54, 1.807) is 51.1 Å². The number of nitrogens with zero attached hydrogens (tertiary/aromatic N) is 1. The smallest absolute Gasteiger partial charge is 0.410 e. The highest BCUT2D eigenvalue weighted by Gasteiger charge is 2.47. The fraction of sp³-hybridized carbons (Fsp3) is 0.462. The molecule has 35 heavy (non-hydrogen) atoms. The molecule has 6 N–H and O–H groups in total. The molecule has 9 nitrogen and oxygen atoms in total. The normalized spacial score (nSPS) is 15.9. The number of aliphatic hydroxyl groups excluding tert-OH is 2. The van der Waals surface area contributed by atoms with Crippen LogP contribution in [0.25, 0.3) is 0 Å². The molecule has 0 aliphatic heterocycles. The van der Waals surface area contributed by atoms with Crippen LogP contribution in [0.3, 0.4) is 0 Å². The summed E-state index contributed by atoms with van der Waals surface area (Å²) in [5.74, 6) is 0. The Balaban J connectivity index is 2.43. The van der Waals surface area contributed by atoms with Crippen molar-refractivity contribution in [2.45, 2.75) is 76.6 Å². The zero-order chi connectivity index (χ0) is 26.2. The fourth-order valence-electron chi connectivity index (χ4n) is 3.79. The van der Waals surface area contributed by atoms with E-state index in [0.29, 0.717) is 12.0 Å². The van der Waals surface area contributed by atoms with Crippen molar-refractivity contribution in [3.63, 3.8) is 0 Å². The van der Waals surface area contributed by atoms with Crippen molar-refractivity contribution < 1.29 is 29.6 Å². The second-order valence-electron chi connectivity index (χ2n) is 9.66. The number of carbonyl (C=O) groups is 2. The van der Waals surface area contributed by atoms with E-state index in [1.807, 2.05) is 30.3 Å². The predicted octanol–water partition coefficient (Wildman–Crippen LogP) is 3.09. The number of amides is 2. The third-order valence-corrected chi connectivity index (χ3v) is 5.59. The number of aliphatic hydroxyl groups is 2. The number of nitrogens with two attached hydrogens (primary N) is 1. The van der Waals surface area contributed by atoms with Gasteiger partial charge in [-0.25, -0.2) is 9.59 Å². The van der Waals surface area contributed by atoms with Crippen molar-refractivity contribution in [1.82, 2.24) is 10.2 Å². The molecule has 0 radical (unpaired) electrons. The van der Waals surface area contributed by atoms with Crippen LogP contribution in [0, 0.1) is 0 Å². The van der Waals surface area contributed by atoms with Crippen LogP contribution in [0.2, 0.25) is 0 Å². The summed E-state index contributed by atoms with van der Waals surface area (Å²) < 4.78 is 5.32. The van der Waals surface area contributed by atoms with E-state index >= 15 is 0 Å². The first-order chi connectivity index (χ1) is 16.3. The van der Waals surface area contributed by atoms with Gasteiger partial charge in [0.05, 0.1) is 12.2 Å². The molecular formula is C26H37N3O6. The minimum atomic E-state index is -1.87.